The number of nitriles is 1. The number of aromatic nitrogens is 3. The number of carboxylic acids is 1. The molecule has 9 nitrogen and oxygen atoms in total. The highest BCUT2D eigenvalue weighted by Gasteiger charge is 2.31. The molecule has 0 aromatic carbocycles. The van der Waals surface area contributed by atoms with Crippen molar-refractivity contribution in [2.75, 3.05) is 43.0 Å². The fourth-order valence-corrected chi connectivity index (χ4v) is 4.60. The molecule has 1 saturated carbocycles. The van der Waals surface area contributed by atoms with Gasteiger partial charge in [0.25, 0.3) is 0 Å². The molecule has 0 spiro atoms. The molecule has 32 heavy (non-hydrogen) atoms. The molecule has 4 heterocycles. The van der Waals surface area contributed by atoms with Crippen LogP contribution >= 0.6 is 0 Å². The highest BCUT2D eigenvalue weighted by atomic mass is 16.4. The summed E-state index contributed by atoms with van der Waals surface area (Å²) in [6.07, 6.45) is 5.56. The number of nitrogens with zero attached hydrogens (tertiary/aromatic N) is 6. The third kappa shape index (κ3) is 3.52. The number of aromatic carboxylic acids is 1. The molecule has 5 rings (SSSR count). The fourth-order valence-electron chi connectivity index (χ4n) is 4.60. The Morgan fingerprint density at radius 2 is 1.88 bits per heavy atom. The van der Waals surface area contributed by atoms with E-state index in [1.165, 1.54) is 6.07 Å². The average Bonchev–Trinajstić information content (AvgIpc) is 3.16. The molecular formula is C23H25N7O2. The van der Waals surface area contributed by atoms with E-state index >= 15 is 0 Å². The maximum absolute atomic E-state index is 11.3. The number of fused-ring (bicyclic) bond motifs is 1. The van der Waals surface area contributed by atoms with Crippen molar-refractivity contribution in [2.45, 2.75) is 24.9 Å². The minimum Gasteiger partial charge on any atom is -0.478 e. The van der Waals surface area contributed by atoms with Crippen LogP contribution in [0.2, 0.25) is 0 Å². The summed E-state index contributed by atoms with van der Waals surface area (Å²) in [6, 6.07) is 10.3. The number of nitrogens with one attached hydrogen (secondary N) is 1. The summed E-state index contributed by atoms with van der Waals surface area (Å²) in [6.45, 7) is 2.97. The van der Waals surface area contributed by atoms with Crippen LogP contribution in [0.5, 0.6) is 0 Å². The summed E-state index contributed by atoms with van der Waals surface area (Å²) in [5.41, 5.74) is 1.79. The third-order valence-corrected chi connectivity index (χ3v) is 6.62. The van der Waals surface area contributed by atoms with Gasteiger partial charge in [-0.25, -0.2) is 14.8 Å². The molecule has 3 aromatic heterocycles. The molecule has 2 aliphatic rings. The molecule has 2 N–H and O–H groups in total. The van der Waals surface area contributed by atoms with Gasteiger partial charge in [-0.3, -0.25) is 0 Å². The first-order valence-electron chi connectivity index (χ1n) is 10.9. The van der Waals surface area contributed by atoms with Gasteiger partial charge in [0.2, 0.25) is 0 Å². The van der Waals surface area contributed by atoms with Crippen LogP contribution in [0.3, 0.4) is 0 Å². The summed E-state index contributed by atoms with van der Waals surface area (Å²) < 4.78 is 2.17. The largest absolute Gasteiger partial charge is 0.478 e. The van der Waals surface area contributed by atoms with Crippen LogP contribution in [0.1, 0.15) is 34.8 Å². The predicted molar refractivity (Wildman–Crippen MR) is 121 cm³/mol. The lowest BCUT2D eigenvalue weighted by Crippen LogP contribution is -2.47. The van der Waals surface area contributed by atoms with Crippen molar-refractivity contribution in [1.29, 1.82) is 5.26 Å². The average molecular weight is 432 g/mol. The van der Waals surface area contributed by atoms with Crippen LogP contribution in [-0.2, 0) is 0 Å². The molecule has 0 unspecified atom stereocenters. The van der Waals surface area contributed by atoms with Gasteiger partial charge in [0.1, 0.15) is 23.4 Å². The lowest BCUT2D eigenvalue weighted by molar-refractivity contribution is 0.0696. The number of pyridine rings is 2. The molecule has 0 amide bonds. The van der Waals surface area contributed by atoms with Gasteiger partial charge in [-0.05, 0) is 44.2 Å². The lowest BCUT2D eigenvalue weighted by atomic mass is 9.87. The highest BCUT2D eigenvalue weighted by Crippen LogP contribution is 2.36. The topological polar surface area (TPSA) is 110 Å². The van der Waals surface area contributed by atoms with Crippen LogP contribution in [-0.4, -0.2) is 64.9 Å². The van der Waals surface area contributed by atoms with Crippen molar-refractivity contribution in [2.24, 2.45) is 0 Å². The van der Waals surface area contributed by atoms with Crippen LogP contribution in [0.15, 0.2) is 36.7 Å². The van der Waals surface area contributed by atoms with Crippen molar-refractivity contribution in [3.8, 4) is 6.07 Å². The second-order valence-electron chi connectivity index (χ2n) is 8.40. The molecule has 3 aromatic rings. The second-order valence-corrected chi connectivity index (χ2v) is 8.40. The summed E-state index contributed by atoms with van der Waals surface area (Å²) in [4.78, 5) is 24.9. The minimum absolute atomic E-state index is 0.245. The first-order chi connectivity index (χ1) is 15.6. The summed E-state index contributed by atoms with van der Waals surface area (Å²) in [7, 11) is 1.98. The zero-order chi connectivity index (χ0) is 22.2. The number of piperazine rings is 1. The molecule has 1 saturated heterocycles. The molecule has 0 atom stereocenters. The van der Waals surface area contributed by atoms with E-state index in [9.17, 15) is 15.2 Å². The van der Waals surface area contributed by atoms with Gasteiger partial charge in [0, 0.05) is 56.0 Å². The van der Waals surface area contributed by atoms with Gasteiger partial charge in [-0.15, -0.1) is 0 Å². The van der Waals surface area contributed by atoms with E-state index < -0.39 is 5.97 Å². The van der Waals surface area contributed by atoms with E-state index in [1.54, 1.807) is 12.3 Å². The van der Waals surface area contributed by atoms with Gasteiger partial charge in [-0.2, -0.15) is 5.26 Å². The Morgan fingerprint density at radius 1 is 1.16 bits per heavy atom. The molecule has 0 bridgehead atoms. The molecule has 1 aliphatic carbocycles. The summed E-state index contributed by atoms with van der Waals surface area (Å²) in [5, 5.41) is 23.0. The van der Waals surface area contributed by atoms with Crippen molar-refractivity contribution < 1.29 is 9.90 Å². The van der Waals surface area contributed by atoms with Gasteiger partial charge >= 0.3 is 5.97 Å². The third-order valence-electron chi connectivity index (χ3n) is 6.62. The van der Waals surface area contributed by atoms with Gasteiger partial charge in [0.05, 0.1) is 11.1 Å². The van der Waals surface area contributed by atoms with Crippen molar-refractivity contribution in [3.63, 3.8) is 0 Å². The highest BCUT2D eigenvalue weighted by molar-refractivity contribution is 5.88. The molecular weight excluding hydrogens is 406 g/mol. The van der Waals surface area contributed by atoms with Gasteiger partial charge in [-0.1, -0.05) is 0 Å². The van der Waals surface area contributed by atoms with Crippen molar-refractivity contribution >= 4 is 28.6 Å². The molecule has 9 heteroatoms. The lowest BCUT2D eigenvalue weighted by Gasteiger charge is -2.37. The Hall–Kier alpha value is -3.64. The number of hydrogen-bond donors (Lipinski definition) is 2. The van der Waals surface area contributed by atoms with Crippen LogP contribution in [0.25, 0.3) is 11.0 Å². The fraction of sp³-hybridized carbons (Fsp3) is 0.391. The van der Waals surface area contributed by atoms with E-state index in [0.717, 1.165) is 55.9 Å². The zero-order valence-corrected chi connectivity index (χ0v) is 17.9. The standard InChI is InChI=1S/C23H25N7O2/c1-25-17-11-18(12-17)30-14-16(13-24)19-2-3-20(27-22(19)30)28-6-8-29(9-7-28)21-10-15(23(31)32)4-5-26-21/h2-5,10,14,17-18,25H,6-9,11-12H2,1H3,(H,31,32). The van der Waals surface area contributed by atoms with E-state index in [1.807, 2.05) is 25.4 Å². The van der Waals surface area contributed by atoms with Crippen LogP contribution < -0.4 is 15.1 Å². The number of carboxylic acid groups (broad SMARTS) is 1. The smallest absolute Gasteiger partial charge is 0.335 e. The molecule has 164 valence electrons. The summed E-state index contributed by atoms with van der Waals surface area (Å²) in [5.74, 6) is 0.638. The maximum Gasteiger partial charge on any atom is 0.335 e. The van der Waals surface area contributed by atoms with Crippen molar-refractivity contribution in [1.82, 2.24) is 19.9 Å². The minimum atomic E-state index is -0.947. The van der Waals surface area contributed by atoms with E-state index in [0.29, 0.717) is 23.5 Å². The predicted octanol–water partition coefficient (Wildman–Crippen LogP) is 2.25. The first-order valence-corrected chi connectivity index (χ1v) is 10.9. The Labute approximate surface area is 185 Å². The van der Waals surface area contributed by atoms with E-state index in [2.05, 4.69) is 30.7 Å². The quantitative estimate of drug-likeness (QED) is 0.633. The number of hydrogen-bond acceptors (Lipinski definition) is 7. The number of carbonyl (C=O) groups is 1. The molecule has 2 fully saturated rings. The Balaban J connectivity index is 1.35. The van der Waals surface area contributed by atoms with Crippen molar-refractivity contribution in [3.05, 3.63) is 47.8 Å². The second kappa shape index (κ2) is 8.13. The van der Waals surface area contributed by atoms with Crippen LogP contribution in [0, 0.1) is 11.3 Å². The van der Waals surface area contributed by atoms with Gasteiger partial charge in [0.15, 0.2) is 0 Å². The SMILES string of the molecule is CNC1CC(n2cc(C#N)c3ccc(N4CCN(c5cc(C(=O)O)ccn5)CC4)nc32)C1. The Morgan fingerprint density at radius 3 is 2.53 bits per heavy atom. The monoisotopic (exact) mass is 431 g/mol. The molecule has 0 radical (unpaired) electrons. The number of rotatable bonds is 5. The zero-order valence-electron chi connectivity index (χ0n) is 17.9. The van der Waals surface area contributed by atoms with Crippen LogP contribution in [0.4, 0.5) is 11.6 Å². The number of anilines is 2. The van der Waals surface area contributed by atoms with E-state index in [4.69, 9.17) is 4.98 Å². The van der Waals surface area contributed by atoms with Gasteiger partial charge < -0.3 is 24.8 Å². The summed E-state index contributed by atoms with van der Waals surface area (Å²) >= 11 is 0. The normalized spacial score (nSPS) is 20.8. The Kier molecular flexibility index (Phi) is 5.15. The first kappa shape index (κ1) is 20.3. The van der Waals surface area contributed by atoms with E-state index in [-0.39, 0.29) is 5.56 Å². The molecule has 1 aliphatic heterocycles. The Bertz CT molecular complexity index is 1200. The maximum atomic E-state index is 11.3.